The largest absolute Gasteiger partial charge is 0.396 e. The smallest absolute Gasteiger partial charge is 0.239 e. The Labute approximate surface area is 97.0 Å². The number of aliphatic hydroxyl groups excluding tert-OH is 1. The number of carbonyl (C=O) groups is 1. The lowest BCUT2D eigenvalue weighted by molar-refractivity contribution is -0.132. The van der Waals surface area contributed by atoms with Crippen LogP contribution in [0.2, 0.25) is 0 Å². The molecular formula is C12H22N2O2. The molecule has 92 valence electrons. The van der Waals surface area contributed by atoms with Crippen molar-refractivity contribution in [1.29, 1.82) is 0 Å². The molecule has 2 fully saturated rings. The standard InChI is InChI=1S/C12H22N2O2/c1-10(11(16)14-6-2-3-7-14)13-8-12(9-15)4-5-12/h10,13,15H,2-9H2,1H3. The number of rotatable bonds is 5. The van der Waals surface area contributed by atoms with E-state index < -0.39 is 0 Å². The first-order chi connectivity index (χ1) is 7.67. The fraction of sp³-hybridized carbons (Fsp3) is 0.917. The summed E-state index contributed by atoms with van der Waals surface area (Å²) in [5.74, 6) is 0.214. The van der Waals surface area contributed by atoms with Crippen molar-refractivity contribution in [2.45, 2.75) is 38.6 Å². The summed E-state index contributed by atoms with van der Waals surface area (Å²) < 4.78 is 0. The van der Waals surface area contributed by atoms with Gasteiger partial charge in [-0.3, -0.25) is 4.79 Å². The van der Waals surface area contributed by atoms with Gasteiger partial charge in [0.05, 0.1) is 6.04 Å². The van der Waals surface area contributed by atoms with Gasteiger partial charge in [-0.2, -0.15) is 0 Å². The molecule has 1 unspecified atom stereocenters. The Morgan fingerprint density at radius 2 is 2.06 bits per heavy atom. The summed E-state index contributed by atoms with van der Waals surface area (Å²) in [6.07, 6.45) is 4.44. The van der Waals surface area contributed by atoms with Crippen molar-refractivity contribution in [3.05, 3.63) is 0 Å². The van der Waals surface area contributed by atoms with Crippen LogP contribution in [-0.4, -0.2) is 48.2 Å². The highest BCUT2D eigenvalue weighted by Crippen LogP contribution is 2.44. The van der Waals surface area contributed by atoms with Gasteiger partial charge in [0.15, 0.2) is 0 Å². The Morgan fingerprint density at radius 1 is 1.44 bits per heavy atom. The lowest BCUT2D eigenvalue weighted by atomic mass is 10.1. The molecule has 0 aromatic carbocycles. The summed E-state index contributed by atoms with van der Waals surface area (Å²) in [5, 5.41) is 12.4. The minimum Gasteiger partial charge on any atom is -0.396 e. The lowest BCUT2D eigenvalue weighted by Gasteiger charge is -2.23. The Morgan fingerprint density at radius 3 is 2.56 bits per heavy atom. The minimum absolute atomic E-state index is 0.0829. The Balaban J connectivity index is 1.74. The normalized spacial score (nSPS) is 24.5. The second-order valence-electron chi connectivity index (χ2n) is 5.29. The zero-order valence-electron chi connectivity index (χ0n) is 10.0. The van der Waals surface area contributed by atoms with Gasteiger partial charge in [-0.15, -0.1) is 0 Å². The van der Waals surface area contributed by atoms with Gasteiger partial charge in [-0.1, -0.05) is 0 Å². The van der Waals surface area contributed by atoms with Crippen LogP contribution in [0.3, 0.4) is 0 Å². The van der Waals surface area contributed by atoms with Gasteiger partial charge in [0.25, 0.3) is 0 Å². The molecule has 0 bridgehead atoms. The number of nitrogens with one attached hydrogen (secondary N) is 1. The topological polar surface area (TPSA) is 52.6 Å². The fourth-order valence-corrected chi connectivity index (χ4v) is 2.24. The molecule has 4 nitrogen and oxygen atoms in total. The summed E-state index contributed by atoms with van der Waals surface area (Å²) in [7, 11) is 0. The zero-order valence-corrected chi connectivity index (χ0v) is 10.0. The molecule has 1 heterocycles. The molecule has 2 rings (SSSR count). The molecule has 0 aromatic rings. The van der Waals surface area contributed by atoms with Crippen molar-refractivity contribution >= 4 is 5.91 Å². The van der Waals surface area contributed by atoms with Gasteiger partial charge in [0.2, 0.25) is 5.91 Å². The van der Waals surface area contributed by atoms with Crippen LogP contribution >= 0.6 is 0 Å². The monoisotopic (exact) mass is 226 g/mol. The number of likely N-dealkylation sites (tertiary alicyclic amines) is 1. The average Bonchev–Trinajstić information content (AvgIpc) is 2.88. The maximum atomic E-state index is 12.0. The van der Waals surface area contributed by atoms with Crippen molar-refractivity contribution in [2.24, 2.45) is 5.41 Å². The van der Waals surface area contributed by atoms with Gasteiger partial charge in [0.1, 0.15) is 0 Å². The van der Waals surface area contributed by atoms with Crippen LogP contribution < -0.4 is 5.32 Å². The Kier molecular flexibility index (Phi) is 3.50. The van der Waals surface area contributed by atoms with E-state index in [9.17, 15) is 9.90 Å². The number of amides is 1. The third-order valence-electron chi connectivity index (χ3n) is 3.86. The molecule has 1 atom stereocenters. The van der Waals surface area contributed by atoms with E-state index in [1.54, 1.807) is 0 Å². The number of aliphatic hydroxyl groups is 1. The van der Waals surface area contributed by atoms with Crippen LogP contribution in [0, 0.1) is 5.41 Å². The van der Waals surface area contributed by atoms with E-state index in [4.69, 9.17) is 0 Å². The quantitative estimate of drug-likeness (QED) is 0.711. The molecule has 0 radical (unpaired) electrons. The molecule has 1 aliphatic carbocycles. The molecule has 4 heteroatoms. The first-order valence-corrected chi connectivity index (χ1v) is 6.30. The number of hydrogen-bond donors (Lipinski definition) is 2. The van der Waals surface area contributed by atoms with Gasteiger partial charge in [-0.25, -0.2) is 0 Å². The first-order valence-electron chi connectivity index (χ1n) is 6.30. The zero-order chi connectivity index (χ0) is 11.6. The van der Waals surface area contributed by atoms with E-state index in [1.807, 2.05) is 11.8 Å². The van der Waals surface area contributed by atoms with Crippen molar-refractivity contribution < 1.29 is 9.90 Å². The molecule has 16 heavy (non-hydrogen) atoms. The second kappa shape index (κ2) is 4.72. The Hall–Kier alpha value is -0.610. The summed E-state index contributed by atoms with van der Waals surface area (Å²) in [4.78, 5) is 13.9. The van der Waals surface area contributed by atoms with Crippen LogP contribution in [0.15, 0.2) is 0 Å². The minimum atomic E-state index is -0.109. The predicted molar refractivity (Wildman–Crippen MR) is 62.0 cm³/mol. The van der Waals surface area contributed by atoms with Crippen LogP contribution in [0.4, 0.5) is 0 Å². The van der Waals surface area contributed by atoms with E-state index >= 15 is 0 Å². The van der Waals surface area contributed by atoms with Gasteiger partial charge >= 0.3 is 0 Å². The fourth-order valence-electron chi connectivity index (χ4n) is 2.24. The van der Waals surface area contributed by atoms with E-state index in [2.05, 4.69) is 5.32 Å². The van der Waals surface area contributed by atoms with Crippen LogP contribution in [0.1, 0.15) is 32.6 Å². The third-order valence-corrected chi connectivity index (χ3v) is 3.86. The van der Waals surface area contributed by atoms with Crippen molar-refractivity contribution in [1.82, 2.24) is 10.2 Å². The lowest BCUT2D eigenvalue weighted by Crippen LogP contribution is -2.45. The number of nitrogens with zero attached hydrogens (tertiary/aromatic N) is 1. The summed E-state index contributed by atoms with van der Waals surface area (Å²) in [6.45, 7) is 4.76. The molecule has 2 N–H and O–H groups in total. The Bertz CT molecular complexity index is 258. The summed E-state index contributed by atoms with van der Waals surface area (Å²) >= 11 is 0. The van der Waals surface area contributed by atoms with E-state index in [-0.39, 0.29) is 24.0 Å². The molecule has 0 aromatic heterocycles. The molecule has 0 spiro atoms. The molecule has 1 amide bonds. The van der Waals surface area contributed by atoms with E-state index in [0.29, 0.717) is 0 Å². The average molecular weight is 226 g/mol. The van der Waals surface area contributed by atoms with E-state index in [1.165, 1.54) is 0 Å². The van der Waals surface area contributed by atoms with Crippen LogP contribution in [0.5, 0.6) is 0 Å². The molecule has 1 saturated heterocycles. The highest BCUT2D eigenvalue weighted by molar-refractivity contribution is 5.81. The van der Waals surface area contributed by atoms with Crippen molar-refractivity contribution in [2.75, 3.05) is 26.2 Å². The molecule has 1 saturated carbocycles. The van der Waals surface area contributed by atoms with Gasteiger partial charge in [0, 0.05) is 31.7 Å². The number of hydrogen-bond acceptors (Lipinski definition) is 3. The third kappa shape index (κ3) is 2.55. The summed E-state index contributed by atoms with van der Waals surface area (Å²) in [5.41, 5.74) is 0.0829. The van der Waals surface area contributed by atoms with Crippen molar-refractivity contribution in [3.63, 3.8) is 0 Å². The predicted octanol–water partition coefficient (Wildman–Crippen LogP) is 0.359. The van der Waals surface area contributed by atoms with E-state index in [0.717, 1.165) is 45.3 Å². The van der Waals surface area contributed by atoms with Crippen LogP contribution in [-0.2, 0) is 4.79 Å². The second-order valence-corrected chi connectivity index (χ2v) is 5.29. The molecular weight excluding hydrogens is 204 g/mol. The SMILES string of the molecule is CC(NCC1(CO)CC1)C(=O)N1CCCC1. The van der Waals surface area contributed by atoms with Crippen LogP contribution in [0.25, 0.3) is 0 Å². The molecule has 2 aliphatic rings. The highest BCUT2D eigenvalue weighted by atomic mass is 16.3. The number of carbonyl (C=O) groups excluding carboxylic acids is 1. The maximum Gasteiger partial charge on any atom is 0.239 e. The summed E-state index contributed by atoms with van der Waals surface area (Å²) in [6, 6.07) is -0.109. The first kappa shape index (κ1) is 11.9. The molecule has 1 aliphatic heterocycles. The van der Waals surface area contributed by atoms with Gasteiger partial charge in [-0.05, 0) is 32.6 Å². The van der Waals surface area contributed by atoms with Gasteiger partial charge < -0.3 is 15.3 Å². The highest BCUT2D eigenvalue weighted by Gasteiger charge is 2.42. The maximum absolute atomic E-state index is 12.0. The van der Waals surface area contributed by atoms with Crippen molar-refractivity contribution in [3.8, 4) is 0 Å².